The molecule has 0 aliphatic carbocycles. The molecule has 0 saturated heterocycles. The summed E-state index contributed by atoms with van der Waals surface area (Å²) in [6.45, 7) is 1.80. The van der Waals surface area contributed by atoms with Crippen LogP contribution in [0.2, 0.25) is 0 Å². The molecule has 2 aromatic rings. The molecule has 3 N–H and O–H groups in total. The molecule has 2 heterocycles. The van der Waals surface area contributed by atoms with Gasteiger partial charge in [-0.1, -0.05) is 6.07 Å². The molecular weight excluding hydrogens is 235 g/mol. The second-order valence-corrected chi connectivity index (χ2v) is 3.71. The molecule has 0 unspecified atom stereocenters. The summed E-state index contributed by atoms with van der Waals surface area (Å²) in [7, 11) is 0. The van der Waals surface area contributed by atoms with Crippen LogP contribution in [0.4, 0.5) is 16.0 Å². The van der Waals surface area contributed by atoms with Gasteiger partial charge in [-0.15, -0.1) is 0 Å². The van der Waals surface area contributed by atoms with Gasteiger partial charge in [0.2, 0.25) is 0 Å². The fourth-order valence-electron chi connectivity index (χ4n) is 1.42. The van der Waals surface area contributed by atoms with Gasteiger partial charge >= 0.3 is 0 Å². The number of anilines is 2. The van der Waals surface area contributed by atoms with Gasteiger partial charge in [-0.25, -0.2) is 14.4 Å². The Bertz CT molecular complexity index is 600. The Labute approximate surface area is 103 Å². The summed E-state index contributed by atoms with van der Waals surface area (Å²) in [5.74, 6) is -0.776. The zero-order valence-electron chi connectivity index (χ0n) is 9.64. The molecule has 18 heavy (non-hydrogen) atoms. The molecule has 0 fully saturated rings. The minimum absolute atomic E-state index is 0.0138. The van der Waals surface area contributed by atoms with Gasteiger partial charge in [-0.05, 0) is 24.6 Å². The lowest BCUT2D eigenvalue weighted by Gasteiger charge is -2.08. The van der Waals surface area contributed by atoms with Crippen molar-refractivity contribution in [1.82, 2.24) is 9.97 Å². The summed E-state index contributed by atoms with van der Waals surface area (Å²) in [6, 6.07) is 4.59. The highest BCUT2D eigenvalue weighted by molar-refractivity contribution is 6.06. The zero-order chi connectivity index (χ0) is 13.1. The lowest BCUT2D eigenvalue weighted by molar-refractivity contribution is 0.102. The van der Waals surface area contributed by atoms with Crippen LogP contribution in [0.1, 0.15) is 15.9 Å². The molecule has 0 bridgehead atoms. The number of hydrogen-bond acceptors (Lipinski definition) is 4. The van der Waals surface area contributed by atoms with Crippen molar-refractivity contribution >= 4 is 17.5 Å². The Balaban J connectivity index is 2.28. The van der Waals surface area contributed by atoms with Crippen molar-refractivity contribution in [3.63, 3.8) is 0 Å². The lowest BCUT2D eigenvalue weighted by atomic mass is 10.2. The summed E-state index contributed by atoms with van der Waals surface area (Å²) in [4.78, 5) is 19.5. The second kappa shape index (κ2) is 4.79. The zero-order valence-corrected chi connectivity index (χ0v) is 9.64. The van der Waals surface area contributed by atoms with Crippen LogP contribution in [0, 0.1) is 12.7 Å². The van der Waals surface area contributed by atoms with Crippen LogP contribution in [-0.4, -0.2) is 15.9 Å². The van der Waals surface area contributed by atoms with E-state index in [0.717, 1.165) is 17.8 Å². The molecule has 0 aliphatic heterocycles. The van der Waals surface area contributed by atoms with Crippen LogP contribution in [0.25, 0.3) is 0 Å². The van der Waals surface area contributed by atoms with E-state index in [4.69, 9.17) is 5.73 Å². The maximum absolute atomic E-state index is 13.0. The first-order valence-electron chi connectivity index (χ1n) is 5.22. The minimum Gasteiger partial charge on any atom is -0.383 e. The van der Waals surface area contributed by atoms with Crippen molar-refractivity contribution in [1.29, 1.82) is 0 Å². The average Bonchev–Trinajstić information content (AvgIpc) is 2.35. The molecule has 2 aromatic heterocycles. The van der Waals surface area contributed by atoms with E-state index in [1.165, 1.54) is 0 Å². The minimum atomic E-state index is -0.618. The number of nitrogens with two attached hydrogens (primary N) is 1. The van der Waals surface area contributed by atoms with E-state index in [1.54, 1.807) is 25.3 Å². The topological polar surface area (TPSA) is 80.9 Å². The molecule has 0 atom stereocenters. The van der Waals surface area contributed by atoms with Crippen molar-refractivity contribution in [3.8, 4) is 0 Å². The van der Waals surface area contributed by atoms with Crippen molar-refractivity contribution in [2.75, 3.05) is 11.1 Å². The van der Waals surface area contributed by atoms with E-state index in [0.29, 0.717) is 5.82 Å². The lowest BCUT2D eigenvalue weighted by Crippen LogP contribution is -2.16. The van der Waals surface area contributed by atoms with E-state index in [9.17, 15) is 9.18 Å². The van der Waals surface area contributed by atoms with Gasteiger partial charge in [0.1, 0.15) is 17.5 Å². The first-order chi connectivity index (χ1) is 8.58. The summed E-state index contributed by atoms with van der Waals surface area (Å²) in [6.07, 6.45) is 2.51. The van der Waals surface area contributed by atoms with Crippen LogP contribution in [0.3, 0.4) is 0 Å². The highest BCUT2D eigenvalue weighted by Crippen LogP contribution is 2.14. The van der Waals surface area contributed by atoms with Gasteiger partial charge in [0, 0.05) is 6.20 Å². The molecule has 0 aliphatic rings. The molecule has 0 saturated carbocycles. The van der Waals surface area contributed by atoms with Gasteiger partial charge in [0.15, 0.2) is 0 Å². The number of carbonyl (C=O) groups excluding carboxylic acids is 1. The third kappa shape index (κ3) is 2.42. The second-order valence-electron chi connectivity index (χ2n) is 3.71. The Morgan fingerprint density at radius 2 is 2.22 bits per heavy atom. The van der Waals surface area contributed by atoms with Crippen LogP contribution in [0.15, 0.2) is 30.6 Å². The standard InChI is InChI=1S/C12H11FN4O/c1-7-3-2-4-15-11(7)17-12(18)9-5-8(13)6-16-10(9)14/h2-6H,1H3,(H2,14,16)(H,15,17,18). The highest BCUT2D eigenvalue weighted by Gasteiger charge is 2.13. The SMILES string of the molecule is Cc1cccnc1NC(=O)c1cc(F)cnc1N. The van der Waals surface area contributed by atoms with Gasteiger partial charge in [0.25, 0.3) is 5.91 Å². The average molecular weight is 246 g/mol. The number of aryl methyl sites for hydroxylation is 1. The first kappa shape index (κ1) is 12.0. The number of nitrogens with zero attached hydrogens (tertiary/aromatic N) is 2. The predicted octanol–water partition coefficient (Wildman–Crippen LogP) is 1.76. The quantitative estimate of drug-likeness (QED) is 0.846. The van der Waals surface area contributed by atoms with Crippen molar-refractivity contribution in [3.05, 3.63) is 47.5 Å². The van der Waals surface area contributed by atoms with Crippen molar-refractivity contribution in [2.45, 2.75) is 6.92 Å². The molecule has 2 rings (SSSR count). The van der Waals surface area contributed by atoms with E-state index in [1.807, 2.05) is 0 Å². The first-order valence-corrected chi connectivity index (χ1v) is 5.22. The number of pyridine rings is 2. The van der Waals surface area contributed by atoms with Gasteiger partial charge in [0.05, 0.1) is 11.8 Å². The molecular formula is C12H11FN4O. The molecule has 5 nitrogen and oxygen atoms in total. The summed E-state index contributed by atoms with van der Waals surface area (Å²) in [5, 5.41) is 2.56. The molecule has 0 aromatic carbocycles. The fraction of sp³-hybridized carbons (Fsp3) is 0.0833. The normalized spacial score (nSPS) is 10.1. The van der Waals surface area contributed by atoms with Crippen LogP contribution in [0.5, 0.6) is 0 Å². The Morgan fingerprint density at radius 1 is 1.44 bits per heavy atom. The molecule has 0 spiro atoms. The summed E-state index contributed by atoms with van der Waals surface area (Å²) in [5.41, 5.74) is 6.31. The number of amides is 1. The van der Waals surface area contributed by atoms with Gasteiger partial charge in [-0.3, -0.25) is 4.79 Å². The monoisotopic (exact) mass is 246 g/mol. The maximum atomic E-state index is 13.0. The largest absolute Gasteiger partial charge is 0.383 e. The smallest absolute Gasteiger partial charge is 0.260 e. The van der Waals surface area contributed by atoms with Crippen LogP contribution < -0.4 is 11.1 Å². The van der Waals surface area contributed by atoms with Crippen molar-refractivity contribution in [2.24, 2.45) is 0 Å². The third-order valence-corrected chi connectivity index (χ3v) is 2.37. The predicted molar refractivity (Wildman–Crippen MR) is 65.5 cm³/mol. The third-order valence-electron chi connectivity index (χ3n) is 2.37. The number of aromatic nitrogens is 2. The number of nitrogens with one attached hydrogen (secondary N) is 1. The van der Waals surface area contributed by atoms with E-state index >= 15 is 0 Å². The van der Waals surface area contributed by atoms with E-state index < -0.39 is 11.7 Å². The highest BCUT2D eigenvalue weighted by atomic mass is 19.1. The molecule has 92 valence electrons. The number of hydrogen-bond donors (Lipinski definition) is 2. The fourth-order valence-corrected chi connectivity index (χ4v) is 1.42. The van der Waals surface area contributed by atoms with Gasteiger partial charge < -0.3 is 11.1 Å². The Morgan fingerprint density at radius 3 is 2.94 bits per heavy atom. The van der Waals surface area contributed by atoms with E-state index in [2.05, 4.69) is 15.3 Å². The maximum Gasteiger partial charge on any atom is 0.260 e. The van der Waals surface area contributed by atoms with Crippen molar-refractivity contribution < 1.29 is 9.18 Å². The number of nitrogen functional groups attached to an aromatic ring is 1. The molecule has 0 radical (unpaired) electrons. The number of rotatable bonds is 2. The van der Waals surface area contributed by atoms with E-state index in [-0.39, 0.29) is 11.4 Å². The Kier molecular flexibility index (Phi) is 3.18. The number of halogens is 1. The Hall–Kier alpha value is -2.50. The van der Waals surface area contributed by atoms with Crippen LogP contribution >= 0.6 is 0 Å². The summed E-state index contributed by atoms with van der Waals surface area (Å²) < 4.78 is 13.0. The number of carbonyl (C=O) groups is 1. The summed E-state index contributed by atoms with van der Waals surface area (Å²) >= 11 is 0. The van der Waals surface area contributed by atoms with Crippen LogP contribution in [-0.2, 0) is 0 Å². The molecule has 1 amide bonds. The molecule has 6 heteroatoms. The van der Waals surface area contributed by atoms with Gasteiger partial charge in [-0.2, -0.15) is 0 Å².